The van der Waals surface area contributed by atoms with Gasteiger partial charge in [0, 0.05) is 31.3 Å². The zero-order chi connectivity index (χ0) is 15.5. The highest BCUT2D eigenvalue weighted by Crippen LogP contribution is 2.23. The summed E-state index contributed by atoms with van der Waals surface area (Å²) in [6.07, 6.45) is 0.863. The number of carbonyl (C=O) groups excluding carboxylic acids is 2. The van der Waals surface area contributed by atoms with Crippen molar-refractivity contribution >= 4 is 17.5 Å². The van der Waals surface area contributed by atoms with Crippen molar-refractivity contribution in [2.45, 2.75) is 19.9 Å². The molecule has 0 bridgehead atoms. The van der Waals surface area contributed by atoms with E-state index in [9.17, 15) is 9.59 Å². The number of nitrogens with zero attached hydrogens (tertiary/aromatic N) is 1. The van der Waals surface area contributed by atoms with Crippen LogP contribution in [-0.2, 0) is 17.8 Å². The van der Waals surface area contributed by atoms with Crippen LogP contribution in [-0.4, -0.2) is 23.3 Å². The van der Waals surface area contributed by atoms with E-state index in [2.05, 4.69) is 5.32 Å². The van der Waals surface area contributed by atoms with E-state index in [4.69, 9.17) is 0 Å². The number of carbonyl (C=O) groups is 2. The van der Waals surface area contributed by atoms with Crippen LogP contribution >= 0.6 is 0 Å². The molecule has 3 rings (SSSR count). The van der Waals surface area contributed by atoms with Crippen molar-refractivity contribution in [2.75, 3.05) is 11.9 Å². The molecule has 112 valence electrons. The maximum Gasteiger partial charge on any atom is 0.255 e. The van der Waals surface area contributed by atoms with Crippen LogP contribution in [0.1, 0.15) is 28.4 Å². The van der Waals surface area contributed by atoms with Crippen molar-refractivity contribution in [1.29, 1.82) is 0 Å². The number of rotatable bonds is 2. The Morgan fingerprint density at radius 2 is 1.82 bits per heavy atom. The van der Waals surface area contributed by atoms with Crippen molar-refractivity contribution in [1.82, 2.24) is 4.90 Å². The lowest BCUT2D eigenvalue weighted by Crippen LogP contribution is -2.34. The van der Waals surface area contributed by atoms with Gasteiger partial charge < -0.3 is 10.2 Å². The second kappa shape index (κ2) is 6.02. The molecule has 2 aromatic carbocycles. The third kappa shape index (κ3) is 3.01. The molecule has 4 heteroatoms. The van der Waals surface area contributed by atoms with Gasteiger partial charge in [-0.3, -0.25) is 9.59 Å². The molecule has 2 aromatic rings. The summed E-state index contributed by atoms with van der Waals surface area (Å²) in [4.78, 5) is 25.5. The Morgan fingerprint density at radius 1 is 1.05 bits per heavy atom. The van der Waals surface area contributed by atoms with Crippen molar-refractivity contribution < 1.29 is 9.59 Å². The molecule has 1 N–H and O–H groups in total. The number of fused-ring (bicyclic) bond motifs is 1. The maximum atomic E-state index is 12.2. The molecule has 0 fully saturated rings. The lowest BCUT2D eigenvalue weighted by atomic mass is 9.99. The Morgan fingerprint density at radius 3 is 2.55 bits per heavy atom. The molecule has 0 atom stereocenters. The molecule has 1 aliphatic heterocycles. The Labute approximate surface area is 129 Å². The summed E-state index contributed by atoms with van der Waals surface area (Å²) in [5, 5.41) is 2.91. The standard InChI is InChI=1S/C18H18N2O2/c1-13(21)20-10-9-14-7-8-17(11-16(14)12-20)19-18(22)15-5-3-2-4-6-15/h2-8,11H,9-10,12H2,1H3,(H,19,22). The highest BCUT2D eigenvalue weighted by molar-refractivity contribution is 6.04. The molecule has 0 aliphatic carbocycles. The van der Waals surface area contributed by atoms with Crippen LogP contribution in [0, 0.1) is 0 Å². The number of benzene rings is 2. The number of nitrogens with one attached hydrogen (secondary N) is 1. The van der Waals surface area contributed by atoms with Crippen LogP contribution in [0.5, 0.6) is 0 Å². The topological polar surface area (TPSA) is 49.4 Å². The van der Waals surface area contributed by atoms with Crippen LogP contribution in [0.3, 0.4) is 0 Å². The van der Waals surface area contributed by atoms with Gasteiger partial charge in [0.2, 0.25) is 5.91 Å². The molecule has 2 amide bonds. The van der Waals surface area contributed by atoms with Crippen LogP contribution in [0.25, 0.3) is 0 Å². The molecule has 1 aliphatic rings. The molecular formula is C18H18N2O2. The first-order valence-electron chi connectivity index (χ1n) is 7.37. The van der Waals surface area contributed by atoms with E-state index in [1.54, 1.807) is 19.1 Å². The Balaban J connectivity index is 1.78. The summed E-state index contributed by atoms with van der Waals surface area (Å²) < 4.78 is 0. The van der Waals surface area contributed by atoms with E-state index in [0.29, 0.717) is 12.1 Å². The van der Waals surface area contributed by atoms with Crippen LogP contribution in [0.2, 0.25) is 0 Å². The summed E-state index contributed by atoms with van der Waals surface area (Å²) >= 11 is 0. The molecule has 0 radical (unpaired) electrons. The minimum atomic E-state index is -0.125. The minimum absolute atomic E-state index is 0.0874. The normalized spacial score (nSPS) is 13.4. The third-order valence-corrected chi connectivity index (χ3v) is 3.96. The van der Waals surface area contributed by atoms with Crippen LogP contribution in [0.4, 0.5) is 5.69 Å². The number of hydrogen-bond donors (Lipinski definition) is 1. The van der Waals surface area contributed by atoms with Gasteiger partial charge in [0.15, 0.2) is 0 Å². The summed E-state index contributed by atoms with van der Waals surface area (Å²) in [7, 11) is 0. The van der Waals surface area contributed by atoms with E-state index >= 15 is 0 Å². The molecule has 0 aromatic heterocycles. The fourth-order valence-electron chi connectivity index (χ4n) is 2.70. The molecular weight excluding hydrogens is 276 g/mol. The SMILES string of the molecule is CC(=O)N1CCc2ccc(NC(=O)c3ccccc3)cc2C1. The third-order valence-electron chi connectivity index (χ3n) is 3.96. The van der Waals surface area contributed by atoms with E-state index < -0.39 is 0 Å². The molecule has 4 nitrogen and oxygen atoms in total. The largest absolute Gasteiger partial charge is 0.338 e. The van der Waals surface area contributed by atoms with Crippen molar-refractivity contribution in [2.24, 2.45) is 0 Å². The van der Waals surface area contributed by atoms with Gasteiger partial charge in [-0.15, -0.1) is 0 Å². The van der Waals surface area contributed by atoms with E-state index in [1.807, 2.05) is 41.3 Å². The second-order valence-corrected chi connectivity index (χ2v) is 5.49. The van der Waals surface area contributed by atoms with Gasteiger partial charge >= 0.3 is 0 Å². The lowest BCUT2D eigenvalue weighted by Gasteiger charge is -2.28. The Hall–Kier alpha value is -2.62. The first-order valence-corrected chi connectivity index (χ1v) is 7.37. The Kier molecular flexibility index (Phi) is 3.92. The molecule has 0 saturated carbocycles. The molecule has 0 unspecified atom stereocenters. The van der Waals surface area contributed by atoms with Crippen LogP contribution < -0.4 is 5.32 Å². The first kappa shape index (κ1) is 14.3. The monoisotopic (exact) mass is 294 g/mol. The predicted octanol–water partition coefficient (Wildman–Crippen LogP) is 2.84. The Bertz CT molecular complexity index is 710. The highest BCUT2D eigenvalue weighted by atomic mass is 16.2. The van der Waals surface area contributed by atoms with Gasteiger partial charge in [0.1, 0.15) is 0 Å². The predicted molar refractivity (Wildman–Crippen MR) is 85.6 cm³/mol. The zero-order valence-electron chi connectivity index (χ0n) is 12.5. The van der Waals surface area contributed by atoms with Gasteiger partial charge in [0.25, 0.3) is 5.91 Å². The quantitative estimate of drug-likeness (QED) is 0.926. The van der Waals surface area contributed by atoms with Gasteiger partial charge in [-0.25, -0.2) is 0 Å². The molecule has 22 heavy (non-hydrogen) atoms. The van der Waals surface area contributed by atoms with E-state index in [1.165, 1.54) is 5.56 Å². The fraction of sp³-hybridized carbons (Fsp3) is 0.222. The summed E-state index contributed by atoms with van der Waals surface area (Å²) in [6, 6.07) is 15.0. The lowest BCUT2D eigenvalue weighted by molar-refractivity contribution is -0.129. The molecule has 1 heterocycles. The molecule has 0 saturated heterocycles. The first-order chi connectivity index (χ1) is 10.6. The van der Waals surface area contributed by atoms with Gasteiger partial charge in [0.05, 0.1) is 0 Å². The van der Waals surface area contributed by atoms with Crippen molar-refractivity contribution in [3.8, 4) is 0 Å². The minimum Gasteiger partial charge on any atom is -0.338 e. The average Bonchev–Trinajstić information content (AvgIpc) is 2.55. The van der Waals surface area contributed by atoms with Gasteiger partial charge in [-0.2, -0.15) is 0 Å². The number of amides is 2. The number of hydrogen-bond acceptors (Lipinski definition) is 2. The maximum absolute atomic E-state index is 12.2. The van der Waals surface area contributed by atoms with E-state index in [-0.39, 0.29) is 11.8 Å². The molecule has 0 spiro atoms. The number of anilines is 1. The van der Waals surface area contributed by atoms with Crippen molar-refractivity contribution in [3.05, 3.63) is 65.2 Å². The van der Waals surface area contributed by atoms with E-state index in [0.717, 1.165) is 24.2 Å². The highest BCUT2D eigenvalue weighted by Gasteiger charge is 2.18. The summed E-state index contributed by atoms with van der Waals surface area (Å²) in [6.45, 7) is 2.96. The summed E-state index contributed by atoms with van der Waals surface area (Å²) in [5.41, 5.74) is 3.74. The fourth-order valence-corrected chi connectivity index (χ4v) is 2.70. The van der Waals surface area contributed by atoms with Crippen molar-refractivity contribution in [3.63, 3.8) is 0 Å². The summed E-state index contributed by atoms with van der Waals surface area (Å²) in [5.74, 6) is -0.0378. The van der Waals surface area contributed by atoms with Gasteiger partial charge in [-0.05, 0) is 41.8 Å². The zero-order valence-corrected chi connectivity index (χ0v) is 12.5. The second-order valence-electron chi connectivity index (χ2n) is 5.49. The average molecular weight is 294 g/mol. The van der Waals surface area contributed by atoms with Gasteiger partial charge in [-0.1, -0.05) is 24.3 Å². The smallest absolute Gasteiger partial charge is 0.255 e. The van der Waals surface area contributed by atoms with Crippen LogP contribution in [0.15, 0.2) is 48.5 Å².